The monoisotopic (exact) mass is 690 g/mol. The standard InChI is InChI=1S/C13H17NO4.C10H14N2O2.C6H15N.C3H5ClO2.ClH/c1-18-12(16)7-11(9-15)13(17)14-8-10-5-3-2-4-6-10;11-9(7-13)10(14)12-6-8-4-2-1-3-5-8;1-4-7(5-2)6-3;1-2-6-3(4)5;/h2-6,11,15H,7-9H2,1H3,(H,14,17);1-5,9,13H,6-7,11H2,(H,12,14);4-6H2,1-3H3;2H2,1H3;1H/t11-;9-;;;/m11.../s1. The molecule has 0 saturated carbocycles. The van der Waals surface area contributed by atoms with Crippen LogP contribution in [-0.4, -0.2) is 90.9 Å². The smallest absolute Gasteiger partial charge is 0.403 e. The van der Waals surface area contributed by atoms with Crippen molar-refractivity contribution >= 4 is 47.2 Å². The molecular weight excluding hydrogens is 639 g/mol. The summed E-state index contributed by atoms with van der Waals surface area (Å²) in [6, 6.07) is 18.1. The fourth-order valence-electron chi connectivity index (χ4n) is 3.24. The third kappa shape index (κ3) is 26.0. The Morgan fingerprint density at radius 3 is 1.52 bits per heavy atom. The summed E-state index contributed by atoms with van der Waals surface area (Å²) in [4.78, 5) is 45.9. The first-order valence-corrected chi connectivity index (χ1v) is 15.1. The number of aliphatic hydroxyl groups excluding tert-OH is 2. The summed E-state index contributed by atoms with van der Waals surface area (Å²) in [5.41, 5.74) is 6.54. The highest BCUT2D eigenvalue weighted by Crippen LogP contribution is 2.05. The third-order valence-electron chi connectivity index (χ3n) is 5.98. The second kappa shape index (κ2) is 31.7. The van der Waals surface area contributed by atoms with Gasteiger partial charge >= 0.3 is 11.4 Å². The summed E-state index contributed by atoms with van der Waals surface area (Å²) in [6.07, 6.45) is -0.117. The predicted molar refractivity (Wildman–Crippen MR) is 182 cm³/mol. The molecule has 0 fully saturated rings. The highest BCUT2D eigenvalue weighted by Gasteiger charge is 2.21. The number of rotatable bonds is 14. The Kier molecular flexibility index (Phi) is 32.5. The highest BCUT2D eigenvalue weighted by molar-refractivity contribution is 6.61. The minimum Gasteiger partial charge on any atom is -0.469 e. The summed E-state index contributed by atoms with van der Waals surface area (Å²) in [6.45, 7) is 12.3. The fourth-order valence-corrected chi connectivity index (χ4v) is 3.35. The molecule has 0 saturated heterocycles. The molecular formula is C32H52Cl2N4O8. The summed E-state index contributed by atoms with van der Waals surface area (Å²) < 4.78 is 8.63. The molecule has 0 spiro atoms. The summed E-state index contributed by atoms with van der Waals surface area (Å²) in [7, 11) is 1.25. The van der Waals surface area contributed by atoms with Gasteiger partial charge in [-0.1, -0.05) is 81.4 Å². The van der Waals surface area contributed by atoms with E-state index in [9.17, 15) is 19.2 Å². The molecule has 0 aliphatic heterocycles. The Hall–Kier alpha value is -3.26. The van der Waals surface area contributed by atoms with Crippen molar-refractivity contribution in [1.82, 2.24) is 15.5 Å². The number of nitrogens with two attached hydrogens (primary N) is 1. The average molecular weight is 692 g/mol. The van der Waals surface area contributed by atoms with Crippen LogP contribution in [0.4, 0.5) is 4.79 Å². The van der Waals surface area contributed by atoms with Crippen LogP contribution < -0.4 is 16.4 Å². The maximum Gasteiger partial charge on any atom is 0.403 e. The number of aliphatic hydroxyl groups is 2. The van der Waals surface area contributed by atoms with E-state index in [1.165, 1.54) is 26.7 Å². The first-order valence-electron chi connectivity index (χ1n) is 14.7. The second-order valence-corrected chi connectivity index (χ2v) is 9.45. The van der Waals surface area contributed by atoms with E-state index < -0.39 is 23.4 Å². The number of ether oxygens (including phenoxy) is 2. The van der Waals surface area contributed by atoms with E-state index in [-0.39, 0.29) is 43.9 Å². The van der Waals surface area contributed by atoms with Crippen molar-refractivity contribution in [1.29, 1.82) is 0 Å². The van der Waals surface area contributed by atoms with E-state index in [1.54, 1.807) is 6.92 Å². The number of halogens is 2. The maximum atomic E-state index is 11.7. The zero-order valence-corrected chi connectivity index (χ0v) is 29.0. The van der Waals surface area contributed by atoms with E-state index in [1.807, 2.05) is 60.7 Å². The topological polar surface area (TPSA) is 181 Å². The van der Waals surface area contributed by atoms with Gasteiger partial charge in [-0.05, 0) is 37.7 Å². The number of nitrogens with zero attached hydrogens (tertiary/aromatic N) is 1. The Bertz CT molecular complexity index is 1040. The first kappa shape index (κ1) is 47.2. The van der Waals surface area contributed by atoms with Crippen LogP contribution in [0.2, 0.25) is 0 Å². The maximum absolute atomic E-state index is 11.7. The number of esters is 1. The number of amides is 2. The van der Waals surface area contributed by atoms with Gasteiger partial charge in [0.25, 0.3) is 0 Å². The van der Waals surface area contributed by atoms with Gasteiger partial charge in [-0.15, -0.1) is 12.4 Å². The van der Waals surface area contributed by atoms with Gasteiger partial charge in [-0.25, -0.2) is 4.79 Å². The van der Waals surface area contributed by atoms with Gasteiger partial charge < -0.3 is 41.0 Å². The molecule has 12 nitrogen and oxygen atoms in total. The fraction of sp³-hybridized carbons (Fsp3) is 0.500. The largest absolute Gasteiger partial charge is 0.469 e. The quantitative estimate of drug-likeness (QED) is 0.146. The predicted octanol–water partition coefficient (Wildman–Crippen LogP) is 3.25. The Balaban J connectivity index is -0.000000584. The normalized spacial score (nSPS) is 10.8. The zero-order valence-electron chi connectivity index (χ0n) is 27.4. The molecule has 0 aliphatic carbocycles. The first-order chi connectivity index (χ1) is 21.5. The lowest BCUT2D eigenvalue weighted by Gasteiger charge is -2.13. The van der Waals surface area contributed by atoms with Gasteiger partial charge in [0.2, 0.25) is 11.8 Å². The number of methoxy groups -OCH3 is 1. The van der Waals surface area contributed by atoms with E-state index >= 15 is 0 Å². The van der Waals surface area contributed by atoms with Crippen LogP contribution in [0.3, 0.4) is 0 Å². The SMILES string of the molecule is CCN(CC)CC.CCOC(=O)Cl.COC(=O)C[C@H](CO)C(=O)NCc1ccccc1.Cl.N[C@H](CO)C(=O)NCc1ccccc1. The van der Waals surface area contributed by atoms with Gasteiger partial charge in [-0.3, -0.25) is 14.4 Å². The van der Waals surface area contributed by atoms with Crippen LogP contribution in [0, 0.1) is 5.92 Å². The van der Waals surface area contributed by atoms with Crippen molar-refractivity contribution in [3.8, 4) is 0 Å². The van der Waals surface area contributed by atoms with E-state index in [4.69, 9.17) is 27.5 Å². The Labute approximate surface area is 284 Å². The molecule has 2 atom stereocenters. The van der Waals surface area contributed by atoms with Crippen LogP contribution in [-0.2, 0) is 36.9 Å². The summed E-state index contributed by atoms with van der Waals surface area (Å²) in [5, 5.41) is 23.0. The van der Waals surface area contributed by atoms with Crippen LogP contribution in [0.1, 0.15) is 45.2 Å². The van der Waals surface area contributed by atoms with Gasteiger partial charge in [0.1, 0.15) is 6.04 Å². The van der Waals surface area contributed by atoms with Crippen LogP contribution >= 0.6 is 24.0 Å². The number of carbonyl (C=O) groups is 4. The lowest BCUT2D eigenvalue weighted by molar-refractivity contribution is -0.145. The Morgan fingerprint density at radius 1 is 0.804 bits per heavy atom. The van der Waals surface area contributed by atoms with Crippen LogP contribution in [0.15, 0.2) is 60.7 Å². The lowest BCUT2D eigenvalue weighted by Crippen LogP contribution is -2.42. The summed E-state index contributed by atoms with van der Waals surface area (Å²) >= 11 is 4.72. The molecule has 2 rings (SSSR count). The minimum absolute atomic E-state index is 0. The number of nitrogens with one attached hydrogen (secondary N) is 2. The molecule has 0 heterocycles. The molecule has 262 valence electrons. The van der Waals surface area contributed by atoms with Crippen molar-refractivity contribution in [2.75, 3.05) is 46.6 Å². The van der Waals surface area contributed by atoms with Crippen molar-refractivity contribution in [3.63, 3.8) is 0 Å². The van der Waals surface area contributed by atoms with E-state index in [0.717, 1.165) is 11.1 Å². The molecule has 0 radical (unpaired) electrons. The molecule has 0 aromatic heterocycles. The van der Waals surface area contributed by atoms with Gasteiger partial charge in [0, 0.05) is 24.7 Å². The molecule has 46 heavy (non-hydrogen) atoms. The Morgan fingerprint density at radius 2 is 1.24 bits per heavy atom. The van der Waals surface area contributed by atoms with Crippen molar-refractivity contribution in [3.05, 3.63) is 71.8 Å². The minimum atomic E-state index is -0.835. The highest BCUT2D eigenvalue weighted by atomic mass is 35.5. The lowest BCUT2D eigenvalue weighted by atomic mass is 10.1. The molecule has 2 aromatic carbocycles. The number of benzene rings is 2. The number of carbonyl (C=O) groups excluding carboxylic acids is 4. The number of hydrogen-bond acceptors (Lipinski definition) is 10. The molecule has 0 aliphatic rings. The molecule has 2 amide bonds. The summed E-state index contributed by atoms with van der Waals surface area (Å²) in [5.74, 6) is -1.96. The molecule has 14 heteroatoms. The van der Waals surface area contributed by atoms with Gasteiger partial charge in [-0.2, -0.15) is 0 Å². The zero-order chi connectivity index (χ0) is 34.5. The third-order valence-corrected chi connectivity index (χ3v) is 6.09. The van der Waals surface area contributed by atoms with Gasteiger partial charge in [0.05, 0.1) is 39.3 Å². The molecule has 2 aromatic rings. The van der Waals surface area contributed by atoms with Gasteiger partial charge in [0.15, 0.2) is 0 Å². The molecule has 0 bridgehead atoms. The van der Waals surface area contributed by atoms with E-state index in [0.29, 0.717) is 19.7 Å². The molecule has 0 unspecified atom stereocenters. The average Bonchev–Trinajstić information content (AvgIpc) is 3.07. The van der Waals surface area contributed by atoms with Crippen molar-refractivity contribution < 1.29 is 38.9 Å². The molecule has 6 N–H and O–H groups in total. The van der Waals surface area contributed by atoms with E-state index in [2.05, 4.69) is 45.8 Å². The van der Waals surface area contributed by atoms with Crippen LogP contribution in [0.25, 0.3) is 0 Å². The van der Waals surface area contributed by atoms with Crippen molar-refractivity contribution in [2.24, 2.45) is 11.7 Å². The second-order valence-electron chi connectivity index (χ2n) is 9.15. The van der Waals surface area contributed by atoms with Crippen LogP contribution in [0.5, 0.6) is 0 Å². The van der Waals surface area contributed by atoms with Crippen molar-refractivity contribution in [2.45, 2.75) is 53.2 Å². The number of hydrogen-bond donors (Lipinski definition) is 5.